The Hall–Kier alpha value is -5.57. The van der Waals surface area contributed by atoms with Crippen LogP contribution >= 0.6 is 11.8 Å². The molecular formula is C44H27NS. The molecule has 214 valence electrons. The lowest BCUT2D eigenvalue weighted by molar-refractivity contribution is 1.18. The summed E-state index contributed by atoms with van der Waals surface area (Å²) >= 11 is 1.88. The molecule has 10 rings (SSSR count). The topological polar surface area (TPSA) is 4.93 Å². The monoisotopic (exact) mass is 601 g/mol. The quantitative estimate of drug-likeness (QED) is 0.195. The van der Waals surface area contributed by atoms with Gasteiger partial charge in [0.05, 0.1) is 11.0 Å². The summed E-state index contributed by atoms with van der Waals surface area (Å²) in [7, 11) is 0. The van der Waals surface area contributed by atoms with Gasteiger partial charge in [0.2, 0.25) is 0 Å². The van der Waals surface area contributed by atoms with Crippen molar-refractivity contribution in [3.63, 3.8) is 0 Å². The first-order valence-electron chi connectivity index (χ1n) is 15.8. The zero-order valence-corrected chi connectivity index (χ0v) is 25.8. The highest BCUT2D eigenvalue weighted by Gasteiger charge is 2.22. The van der Waals surface area contributed by atoms with Crippen molar-refractivity contribution in [2.75, 3.05) is 0 Å². The fourth-order valence-electron chi connectivity index (χ4n) is 7.68. The van der Waals surface area contributed by atoms with Gasteiger partial charge >= 0.3 is 0 Å². The number of rotatable bonds is 3. The van der Waals surface area contributed by atoms with E-state index in [0.717, 1.165) is 0 Å². The van der Waals surface area contributed by atoms with Crippen LogP contribution < -0.4 is 0 Å². The summed E-state index contributed by atoms with van der Waals surface area (Å²) in [5.41, 5.74) is 11.3. The van der Waals surface area contributed by atoms with Crippen molar-refractivity contribution in [1.82, 2.24) is 4.57 Å². The third-order valence-electron chi connectivity index (χ3n) is 9.62. The Morgan fingerprint density at radius 1 is 0.304 bits per heavy atom. The van der Waals surface area contributed by atoms with Crippen LogP contribution in [0.25, 0.3) is 82.4 Å². The Morgan fingerprint density at radius 3 is 1.78 bits per heavy atom. The first-order valence-corrected chi connectivity index (χ1v) is 16.6. The first-order chi connectivity index (χ1) is 22.8. The molecule has 0 bridgehead atoms. The Morgan fingerprint density at radius 2 is 0.935 bits per heavy atom. The van der Waals surface area contributed by atoms with E-state index in [9.17, 15) is 0 Å². The van der Waals surface area contributed by atoms with Crippen LogP contribution in [0.3, 0.4) is 0 Å². The van der Waals surface area contributed by atoms with E-state index in [1.807, 2.05) is 11.8 Å². The van der Waals surface area contributed by atoms with E-state index in [0.29, 0.717) is 0 Å². The van der Waals surface area contributed by atoms with Crippen LogP contribution in [0, 0.1) is 0 Å². The van der Waals surface area contributed by atoms with Gasteiger partial charge in [-0.25, -0.2) is 0 Å². The SMILES string of the molecule is c1ccc(-n2c3ccccc3c3c4cccc(-c5ccccc5-c5ccc6c7c(cccc57)-c5ccccc5S6)c4ccc32)cc1. The number of para-hydroxylation sites is 2. The van der Waals surface area contributed by atoms with Gasteiger partial charge in [-0.15, -0.1) is 0 Å². The predicted molar refractivity (Wildman–Crippen MR) is 196 cm³/mol. The minimum absolute atomic E-state index is 1.18. The molecule has 0 spiro atoms. The van der Waals surface area contributed by atoms with Gasteiger partial charge in [0.1, 0.15) is 0 Å². The number of hydrogen-bond donors (Lipinski definition) is 0. The van der Waals surface area contributed by atoms with Crippen LogP contribution in [0.4, 0.5) is 0 Å². The van der Waals surface area contributed by atoms with Crippen LogP contribution in [0.1, 0.15) is 0 Å². The summed E-state index contributed by atoms with van der Waals surface area (Å²) in [5, 5.41) is 7.78. The molecule has 2 heterocycles. The molecule has 0 saturated carbocycles. The van der Waals surface area contributed by atoms with Gasteiger partial charge in [-0.1, -0.05) is 139 Å². The van der Waals surface area contributed by atoms with Crippen molar-refractivity contribution >= 4 is 55.1 Å². The van der Waals surface area contributed by atoms with E-state index in [-0.39, 0.29) is 0 Å². The molecule has 0 radical (unpaired) electrons. The van der Waals surface area contributed by atoms with Gasteiger partial charge < -0.3 is 4.57 Å². The number of nitrogens with zero attached hydrogens (tertiary/aromatic N) is 1. The van der Waals surface area contributed by atoms with Gasteiger partial charge in [-0.2, -0.15) is 0 Å². The van der Waals surface area contributed by atoms with Crippen molar-refractivity contribution in [3.05, 3.63) is 164 Å². The van der Waals surface area contributed by atoms with E-state index < -0.39 is 0 Å². The Labute approximate surface area is 271 Å². The third-order valence-corrected chi connectivity index (χ3v) is 10.8. The van der Waals surface area contributed by atoms with Gasteiger partial charge in [0, 0.05) is 31.6 Å². The highest BCUT2D eigenvalue weighted by molar-refractivity contribution is 7.99. The zero-order valence-electron chi connectivity index (χ0n) is 24.9. The molecule has 0 N–H and O–H groups in total. The Balaban J connectivity index is 1.23. The molecule has 1 nitrogen and oxygen atoms in total. The molecule has 0 fully saturated rings. The highest BCUT2D eigenvalue weighted by Crippen LogP contribution is 2.50. The van der Waals surface area contributed by atoms with Crippen molar-refractivity contribution in [2.24, 2.45) is 0 Å². The fourth-order valence-corrected chi connectivity index (χ4v) is 8.81. The van der Waals surface area contributed by atoms with Crippen LogP contribution in [-0.2, 0) is 0 Å². The fraction of sp³-hybridized carbons (Fsp3) is 0. The summed E-state index contributed by atoms with van der Waals surface area (Å²) in [4.78, 5) is 2.65. The second-order valence-corrected chi connectivity index (χ2v) is 13.1. The minimum Gasteiger partial charge on any atom is -0.309 e. The normalized spacial score (nSPS) is 12.3. The molecule has 0 unspecified atom stereocenters. The molecule has 0 amide bonds. The van der Waals surface area contributed by atoms with E-state index in [1.54, 1.807) is 0 Å². The maximum absolute atomic E-state index is 2.40. The first kappa shape index (κ1) is 25.7. The maximum Gasteiger partial charge on any atom is 0.0547 e. The maximum atomic E-state index is 2.40. The molecule has 0 aliphatic carbocycles. The minimum atomic E-state index is 1.18. The average molecular weight is 602 g/mol. The smallest absolute Gasteiger partial charge is 0.0547 e. The van der Waals surface area contributed by atoms with Gasteiger partial charge in [-0.3, -0.25) is 0 Å². The lowest BCUT2D eigenvalue weighted by Gasteiger charge is -2.22. The summed E-state index contributed by atoms with van der Waals surface area (Å²) < 4.78 is 2.40. The summed E-state index contributed by atoms with van der Waals surface area (Å²) in [6.45, 7) is 0. The molecule has 46 heavy (non-hydrogen) atoms. The summed E-state index contributed by atoms with van der Waals surface area (Å²) in [6.07, 6.45) is 0. The molecule has 8 aromatic carbocycles. The summed E-state index contributed by atoms with van der Waals surface area (Å²) in [5.74, 6) is 0. The van der Waals surface area contributed by atoms with E-state index >= 15 is 0 Å². The van der Waals surface area contributed by atoms with Crippen molar-refractivity contribution in [1.29, 1.82) is 0 Å². The Kier molecular flexibility index (Phi) is 5.58. The molecule has 0 atom stereocenters. The second-order valence-electron chi connectivity index (χ2n) is 12.0. The zero-order chi connectivity index (χ0) is 30.2. The number of aromatic nitrogens is 1. The number of benzene rings is 8. The number of hydrogen-bond acceptors (Lipinski definition) is 1. The molecule has 1 aliphatic heterocycles. The van der Waals surface area contributed by atoms with Gasteiger partial charge in [-0.05, 0) is 85.9 Å². The highest BCUT2D eigenvalue weighted by atomic mass is 32.2. The average Bonchev–Trinajstić information content (AvgIpc) is 3.47. The van der Waals surface area contributed by atoms with Crippen molar-refractivity contribution in [2.45, 2.75) is 9.79 Å². The van der Waals surface area contributed by atoms with E-state index in [4.69, 9.17) is 0 Å². The molecule has 1 aromatic heterocycles. The van der Waals surface area contributed by atoms with Crippen LogP contribution in [0.5, 0.6) is 0 Å². The van der Waals surface area contributed by atoms with Crippen molar-refractivity contribution in [3.8, 4) is 39.1 Å². The van der Waals surface area contributed by atoms with Crippen LogP contribution in [-0.4, -0.2) is 4.57 Å². The van der Waals surface area contributed by atoms with Crippen LogP contribution in [0.15, 0.2) is 174 Å². The standard InChI is InChI=1S/C44H27NS/c1-2-12-28(13-3-1)45-39-22-8-6-17-38(39)43-35-19-10-18-31(32(35)24-26-40(43)45)29-14-4-5-15-30(29)33-25-27-42-44-36(33)20-11-21-37(44)34-16-7-9-23-41(34)46-42/h1-27H. The van der Waals surface area contributed by atoms with E-state index in [2.05, 4.69) is 168 Å². The Bertz CT molecular complexity index is 2660. The van der Waals surface area contributed by atoms with Crippen molar-refractivity contribution < 1.29 is 0 Å². The molecule has 0 saturated heterocycles. The molecule has 2 heteroatoms. The van der Waals surface area contributed by atoms with Crippen LogP contribution in [0.2, 0.25) is 0 Å². The summed E-state index contributed by atoms with van der Waals surface area (Å²) in [6, 6.07) is 60.1. The largest absolute Gasteiger partial charge is 0.309 e. The van der Waals surface area contributed by atoms with Gasteiger partial charge in [0.15, 0.2) is 0 Å². The lowest BCUT2D eigenvalue weighted by Crippen LogP contribution is -1.95. The predicted octanol–water partition coefficient (Wildman–Crippen LogP) is 12.6. The molecule has 9 aromatic rings. The third kappa shape index (κ3) is 3.65. The molecular weight excluding hydrogens is 575 g/mol. The van der Waals surface area contributed by atoms with E-state index in [1.165, 1.54) is 92.2 Å². The van der Waals surface area contributed by atoms with Gasteiger partial charge in [0.25, 0.3) is 0 Å². The second kappa shape index (κ2) is 9.97. The molecule has 1 aliphatic rings. The number of fused-ring (bicyclic) bond motifs is 7. The lowest BCUT2D eigenvalue weighted by atomic mass is 9.87.